The highest BCUT2D eigenvalue weighted by molar-refractivity contribution is 5.73. The lowest BCUT2D eigenvalue weighted by Crippen LogP contribution is -2.34. The molecule has 0 fully saturated rings. The topological polar surface area (TPSA) is 50.4 Å². The Kier molecular flexibility index (Phi) is 5.91. The number of rotatable bonds is 6. The number of hydrogen-bond donors (Lipinski definition) is 2. The second-order valence-electron chi connectivity index (χ2n) is 4.88. The number of amides is 2. The molecule has 0 aromatic heterocycles. The number of halogens is 1. The van der Waals surface area contributed by atoms with E-state index >= 15 is 0 Å². The smallest absolute Gasteiger partial charge is 0.315 e. The van der Waals surface area contributed by atoms with E-state index in [4.69, 9.17) is 4.74 Å². The van der Waals surface area contributed by atoms with E-state index in [0.29, 0.717) is 18.7 Å². The van der Waals surface area contributed by atoms with Crippen molar-refractivity contribution in [3.05, 3.63) is 71.0 Å². The number of ether oxygens (including phenoxy) is 1. The summed E-state index contributed by atoms with van der Waals surface area (Å²) in [4.78, 5) is 11.7. The summed E-state index contributed by atoms with van der Waals surface area (Å²) in [6, 6.07) is 13.8. The molecule has 0 saturated carbocycles. The first-order valence-electron chi connectivity index (χ1n) is 7.01. The molecule has 0 aliphatic rings. The zero-order valence-electron chi connectivity index (χ0n) is 12.4. The molecule has 0 spiro atoms. The van der Waals surface area contributed by atoms with E-state index in [1.54, 1.807) is 25.3 Å². The molecule has 4 nitrogen and oxygen atoms in total. The van der Waals surface area contributed by atoms with Crippen LogP contribution in [0, 0.1) is 5.82 Å². The average Bonchev–Trinajstić information content (AvgIpc) is 2.54. The number of benzene rings is 2. The highest BCUT2D eigenvalue weighted by atomic mass is 19.1. The fraction of sp³-hybridized carbons (Fsp3) is 0.235. The van der Waals surface area contributed by atoms with Crippen molar-refractivity contribution in [2.45, 2.75) is 19.7 Å². The quantitative estimate of drug-likeness (QED) is 0.862. The predicted octanol–water partition coefficient (Wildman–Crippen LogP) is 2.97. The molecule has 0 saturated heterocycles. The molecule has 0 atom stereocenters. The number of methoxy groups -OCH3 is 1. The van der Waals surface area contributed by atoms with Crippen LogP contribution in [0.1, 0.15) is 16.7 Å². The van der Waals surface area contributed by atoms with E-state index in [1.165, 1.54) is 6.07 Å². The van der Waals surface area contributed by atoms with Crippen LogP contribution in [0.25, 0.3) is 0 Å². The summed E-state index contributed by atoms with van der Waals surface area (Å²) in [5.74, 6) is -0.323. The van der Waals surface area contributed by atoms with Gasteiger partial charge >= 0.3 is 6.03 Å². The third-order valence-corrected chi connectivity index (χ3v) is 3.18. The van der Waals surface area contributed by atoms with Crippen LogP contribution >= 0.6 is 0 Å². The van der Waals surface area contributed by atoms with E-state index < -0.39 is 0 Å². The monoisotopic (exact) mass is 302 g/mol. The Morgan fingerprint density at radius 1 is 1.00 bits per heavy atom. The first-order valence-corrected chi connectivity index (χ1v) is 7.01. The molecular weight excluding hydrogens is 283 g/mol. The fourth-order valence-electron chi connectivity index (χ4n) is 1.98. The molecule has 0 bridgehead atoms. The molecule has 0 aliphatic heterocycles. The van der Waals surface area contributed by atoms with Gasteiger partial charge in [-0.05, 0) is 17.2 Å². The maximum Gasteiger partial charge on any atom is 0.315 e. The number of nitrogens with one attached hydrogen (secondary N) is 2. The highest BCUT2D eigenvalue weighted by Gasteiger charge is 2.04. The van der Waals surface area contributed by atoms with Crippen molar-refractivity contribution in [3.63, 3.8) is 0 Å². The first kappa shape index (κ1) is 16.0. The van der Waals surface area contributed by atoms with Crippen molar-refractivity contribution in [3.8, 4) is 0 Å². The standard InChI is InChI=1S/C17H19FN2O2/c1-22-12-14-8-6-13(7-9-14)10-19-17(21)20-11-15-4-2-3-5-16(15)18/h2-9H,10-12H2,1H3,(H2,19,20,21). The normalized spacial score (nSPS) is 10.3. The van der Waals surface area contributed by atoms with Crippen molar-refractivity contribution in [2.24, 2.45) is 0 Å². The van der Waals surface area contributed by atoms with Crippen LogP contribution < -0.4 is 10.6 Å². The Morgan fingerprint density at radius 2 is 1.64 bits per heavy atom. The third-order valence-electron chi connectivity index (χ3n) is 3.18. The summed E-state index contributed by atoms with van der Waals surface area (Å²) >= 11 is 0. The third kappa shape index (κ3) is 4.86. The molecule has 0 unspecified atom stereocenters. The van der Waals surface area contributed by atoms with Crippen molar-refractivity contribution in [2.75, 3.05) is 7.11 Å². The van der Waals surface area contributed by atoms with Gasteiger partial charge in [-0.2, -0.15) is 0 Å². The minimum Gasteiger partial charge on any atom is -0.380 e. The maximum atomic E-state index is 13.4. The Morgan fingerprint density at radius 3 is 2.32 bits per heavy atom. The zero-order valence-corrected chi connectivity index (χ0v) is 12.4. The fourth-order valence-corrected chi connectivity index (χ4v) is 1.98. The van der Waals surface area contributed by atoms with E-state index in [1.807, 2.05) is 24.3 Å². The molecule has 0 heterocycles. The molecule has 2 N–H and O–H groups in total. The molecular formula is C17H19FN2O2. The van der Waals surface area contributed by atoms with Crippen LogP contribution in [0.4, 0.5) is 9.18 Å². The van der Waals surface area contributed by atoms with Gasteiger partial charge in [0.1, 0.15) is 5.82 Å². The number of carbonyl (C=O) groups is 1. The number of urea groups is 1. The lowest BCUT2D eigenvalue weighted by Gasteiger charge is -2.09. The lowest BCUT2D eigenvalue weighted by atomic mass is 10.1. The van der Waals surface area contributed by atoms with Gasteiger partial charge in [0, 0.05) is 25.8 Å². The second kappa shape index (κ2) is 8.14. The lowest BCUT2D eigenvalue weighted by molar-refractivity contribution is 0.185. The van der Waals surface area contributed by atoms with Crippen LogP contribution in [0.3, 0.4) is 0 Å². The number of hydrogen-bond acceptors (Lipinski definition) is 2. The van der Waals surface area contributed by atoms with E-state index in [9.17, 15) is 9.18 Å². The summed E-state index contributed by atoms with van der Waals surface area (Å²) in [6.45, 7) is 1.14. The van der Waals surface area contributed by atoms with Gasteiger partial charge in [-0.1, -0.05) is 42.5 Å². The molecule has 5 heteroatoms. The highest BCUT2D eigenvalue weighted by Crippen LogP contribution is 2.06. The Bertz CT molecular complexity index is 614. The van der Waals surface area contributed by atoms with Crippen molar-refractivity contribution < 1.29 is 13.9 Å². The van der Waals surface area contributed by atoms with Gasteiger partial charge in [0.2, 0.25) is 0 Å². The van der Waals surface area contributed by atoms with Crippen LogP contribution in [0.5, 0.6) is 0 Å². The SMILES string of the molecule is COCc1ccc(CNC(=O)NCc2ccccc2F)cc1. The predicted molar refractivity (Wildman–Crippen MR) is 82.6 cm³/mol. The summed E-state index contributed by atoms with van der Waals surface area (Å²) in [5.41, 5.74) is 2.53. The molecule has 22 heavy (non-hydrogen) atoms. The van der Waals surface area contributed by atoms with E-state index in [0.717, 1.165) is 11.1 Å². The van der Waals surface area contributed by atoms with Crippen molar-refractivity contribution in [1.29, 1.82) is 0 Å². The summed E-state index contributed by atoms with van der Waals surface area (Å²) < 4.78 is 18.4. The van der Waals surface area contributed by atoms with Gasteiger partial charge < -0.3 is 15.4 Å². The summed E-state index contributed by atoms with van der Waals surface area (Å²) in [5, 5.41) is 5.37. The van der Waals surface area contributed by atoms with E-state index in [-0.39, 0.29) is 18.4 Å². The Balaban J connectivity index is 1.76. The van der Waals surface area contributed by atoms with Crippen LogP contribution in [0.2, 0.25) is 0 Å². The van der Waals surface area contributed by atoms with Gasteiger partial charge in [0.25, 0.3) is 0 Å². The van der Waals surface area contributed by atoms with Gasteiger partial charge in [0.15, 0.2) is 0 Å². The molecule has 2 amide bonds. The second-order valence-corrected chi connectivity index (χ2v) is 4.88. The Labute approximate surface area is 129 Å². The van der Waals surface area contributed by atoms with Gasteiger partial charge in [-0.15, -0.1) is 0 Å². The maximum absolute atomic E-state index is 13.4. The zero-order chi connectivity index (χ0) is 15.8. The van der Waals surface area contributed by atoms with Gasteiger partial charge in [0.05, 0.1) is 6.61 Å². The molecule has 0 radical (unpaired) electrons. The van der Waals surface area contributed by atoms with Gasteiger partial charge in [-0.25, -0.2) is 9.18 Å². The molecule has 2 aromatic carbocycles. The summed E-state index contributed by atoms with van der Waals surface area (Å²) in [7, 11) is 1.65. The van der Waals surface area contributed by atoms with Crippen molar-refractivity contribution in [1.82, 2.24) is 10.6 Å². The number of carbonyl (C=O) groups excluding carboxylic acids is 1. The molecule has 2 aromatic rings. The molecule has 116 valence electrons. The largest absolute Gasteiger partial charge is 0.380 e. The molecule has 2 rings (SSSR count). The van der Waals surface area contributed by atoms with Crippen LogP contribution in [-0.4, -0.2) is 13.1 Å². The minimum absolute atomic E-state index is 0.158. The van der Waals surface area contributed by atoms with Crippen LogP contribution in [-0.2, 0) is 24.4 Å². The Hall–Kier alpha value is -2.40. The molecule has 0 aliphatic carbocycles. The van der Waals surface area contributed by atoms with E-state index in [2.05, 4.69) is 10.6 Å². The average molecular weight is 302 g/mol. The van der Waals surface area contributed by atoms with Crippen molar-refractivity contribution >= 4 is 6.03 Å². The van der Waals surface area contributed by atoms with Gasteiger partial charge in [-0.3, -0.25) is 0 Å². The minimum atomic E-state index is -0.329. The van der Waals surface area contributed by atoms with Crippen LogP contribution in [0.15, 0.2) is 48.5 Å². The first-order chi connectivity index (χ1) is 10.7. The summed E-state index contributed by atoms with van der Waals surface area (Å²) in [6.07, 6.45) is 0.